The Hall–Kier alpha value is -0.550. The molecule has 1 atom stereocenters. The summed E-state index contributed by atoms with van der Waals surface area (Å²) >= 11 is 8.31. The molecule has 1 aliphatic rings. The monoisotopic (exact) mass is 318 g/mol. The standard InChI is InChI=1S/C10H8ClIN2/c11-9-5-2-1-4-8(9)10-13-6-3-7-14(10)12/h1-7,10H. The summed E-state index contributed by atoms with van der Waals surface area (Å²) in [6.07, 6.45) is 5.67. The topological polar surface area (TPSA) is 15.6 Å². The maximum atomic E-state index is 6.09. The zero-order valence-electron chi connectivity index (χ0n) is 7.27. The molecule has 0 aliphatic carbocycles. The SMILES string of the molecule is Clc1ccccc1C1N=CC=CN1I. The third-order valence-electron chi connectivity index (χ3n) is 1.96. The molecule has 0 bridgehead atoms. The molecule has 0 spiro atoms. The fraction of sp³-hybridized carbons (Fsp3) is 0.100. The first-order valence-corrected chi connectivity index (χ1v) is 5.52. The Labute approximate surface area is 102 Å². The van der Waals surface area contributed by atoms with Gasteiger partial charge < -0.3 is 0 Å². The molecule has 1 aromatic carbocycles. The normalized spacial score (nSPS) is 20.1. The predicted molar refractivity (Wildman–Crippen MR) is 67.7 cm³/mol. The number of halogens is 2. The molecule has 0 saturated heterocycles. The fourth-order valence-electron chi connectivity index (χ4n) is 1.29. The van der Waals surface area contributed by atoms with Crippen molar-refractivity contribution in [3.05, 3.63) is 47.1 Å². The van der Waals surface area contributed by atoms with Crippen LogP contribution in [0.15, 0.2) is 41.5 Å². The van der Waals surface area contributed by atoms with Gasteiger partial charge in [-0.3, -0.25) is 8.11 Å². The van der Waals surface area contributed by atoms with E-state index in [1.165, 1.54) is 0 Å². The molecular formula is C10H8ClIN2. The lowest BCUT2D eigenvalue weighted by atomic mass is 10.1. The summed E-state index contributed by atoms with van der Waals surface area (Å²) in [7, 11) is 0. The van der Waals surface area contributed by atoms with Crippen molar-refractivity contribution in [1.82, 2.24) is 3.11 Å². The molecule has 72 valence electrons. The second kappa shape index (κ2) is 4.31. The number of nitrogens with zero attached hydrogens (tertiary/aromatic N) is 2. The Morgan fingerprint density at radius 3 is 2.86 bits per heavy atom. The largest absolute Gasteiger partial charge is 0.294 e. The molecule has 1 heterocycles. The van der Waals surface area contributed by atoms with E-state index in [1.807, 2.05) is 39.7 Å². The summed E-state index contributed by atoms with van der Waals surface area (Å²) in [5.41, 5.74) is 1.03. The van der Waals surface area contributed by atoms with E-state index < -0.39 is 0 Å². The highest BCUT2D eigenvalue weighted by atomic mass is 127. The third-order valence-corrected chi connectivity index (χ3v) is 3.15. The van der Waals surface area contributed by atoms with Gasteiger partial charge in [-0.05, 0) is 12.1 Å². The minimum absolute atomic E-state index is 0.00528. The Bertz CT molecular complexity index is 389. The Morgan fingerprint density at radius 1 is 1.36 bits per heavy atom. The fourth-order valence-corrected chi connectivity index (χ4v) is 2.16. The maximum Gasteiger partial charge on any atom is 0.156 e. The number of rotatable bonds is 1. The molecule has 1 aromatic rings. The number of hydrogen-bond acceptors (Lipinski definition) is 2. The second-order valence-corrected chi connectivity index (χ2v) is 4.40. The van der Waals surface area contributed by atoms with Crippen LogP contribution in [0.5, 0.6) is 0 Å². The zero-order valence-corrected chi connectivity index (χ0v) is 10.2. The Morgan fingerprint density at radius 2 is 2.14 bits per heavy atom. The van der Waals surface area contributed by atoms with Crippen LogP contribution >= 0.6 is 34.5 Å². The highest BCUT2D eigenvalue weighted by Crippen LogP contribution is 2.31. The molecule has 0 radical (unpaired) electrons. The van der Waals surface area contributed by atoms with Gasteiger partial charge in [-0.1, -0.05) is 29.8 Å². The van der Waals surface area contributed by atoms with Crippen molar-refractivity contribution in [3.63, 3.8) is 0 Å². The van der Waals surface area contributed by atoms with Crippen LogP contribution in [0.1, 0.15) is 11.7 Å². The summed E-state index contributed by atoms with van der Waals surface area (Å²) in [5.74, 6) is 0. The van der Waals surface area contributed by atoms with Crippen LogP contribution in [0.3, 0.4) is 0 Å². The molecule has 1 aliphatic heterocycles. The maximum absolute atomic E-state index is 6.09. The molecule has 14 heavy (non-hydrogen) atoms. The van der Waals surface area contributed by atoms with Gasteiger partial charge >= 0.3 is 0 Å². The first kappa shape index (κ1) is 9.98. The molecule has 0 aromatic heterocycles. The van der Waals surface area contributed by atoms with Gasteiger partial charge in [0.25, 0.3) is 0 Å². The molecule has 1 unspecified atom stereocenters. The van der Waals surface area contributed by atoms with Gasteiger partial charge in [0.2, 0.25) is 0 Å². The first-order chi connectivity index (χ1) is 6.79. The van der Waals surface area contributed by atoms with Gasteiger partial charge in [0.05, 0.1) is 22.9 Å². The molecule has 2 nitrogen and oxygen atoms in total. The summed E-state index contributed by atoms with van der Waals surface area (Å²) in [6.45, 7) is 0. The second-order valence-electron chi connectivity index (χ2n) is 2.88. The van der Waals surface area contributed by atoms with Crippen LogP contribution in [0.25, 0.3) is 0 Å². The van der Waals surface area contributed by atoms with Gasteiger partial charge in [-0.15, -0.1) is 0 Å². The Kier molecular flexibility index (Phi) is 3.08. The first-order valence-electron chi connectivity index (χ1n) is 4.17. The molecule has 2 rings (SSSR count). The average molecular weight is 319 g/mol. The van der Waals surface area contributed by atoms with E-state index >= 15 is 0 Å². The summed E-state index contributed by atoms with van der Waals surface area (Å²) in [4.78, 5) is 4.36. The van der Waals surface area contributed by atoms with Crippen molar-refractivity contribution < 1.29 is 0 Å². The van der Waals surface area contributed by atoms with Crippen molar-refractivity contribution in [3.8, 4) is 0 Å². The van der Waals surface area contributed by atoms with E-state index in [0.717, 1.165) is 10.6 Å². The minimum Gasteiger partial charge on any atom is -0.294 e. The lowest BCUT2D eigenvalue weighted by Crippen LogP contribution is -2.14. The molecular weight excluding hydrogens is 310 g/mol. The molecule has 4 heteroatoms. The summed E-state index contributed by atoms with van der Waals surface area (Å²) < 4.78 is 2.00. The number of aliphatic imine (C=N–C) groups is 1. The van der Waals surface area contributed by atoms with E-state index in [4.69, 9.17) is 11.6 Å². The van der Waals surface area contributed by atoms with Crippen molar-refractivity contribution in [2.75, 3.05) is 0 Å². The predicted octanol–water partition coefficient (Wildman–Crippen LogP) is 3.59. The smallest absolute Gasteiger partial charge is 0.156 e. The molecule has 0 amide bonds. The van der Waals surface area contributed by atoms with Gasteiger partial charge in [0.1, 0.15) is 0 Å². The van der Waals surface area contributed by atoms with Gasteiger partial charge in [0, 0.05) is 23.0 Å². The van der Waals surface area contributed by atoms with Gasteiger partial charge in [-0.2, -0.15) is 0 Å². The highest BCUT2D eigenvalue weighted by Gasteiger charge is 2.17. The molecule has 0 fully saturated rings. The minimum atomic E-state index is -0.00528. The number of benzene rings is 1. The van der Waals surface area contributed by atoms with Crippen LogP contribution in [-0.2, 0) is 0 Å². The highest BCUT2D eigenvalue weighted by molar-refractivity contribution is 14.1. The molecule has 0 N–H and O–H groups in total. The summed E-state index contributed by atoms with van der Waals surface area (Å²) in [5, 5.41) is 0.756. The number of hydrogen-bond donors (Lipinski definition) is 0. The zero-order chi connectivity index (χ0) is 9.97. The summed E-state index contributed by atoms with van der Waals surface area (Å²) in [6, 6.07) is 7.77. The van der Waals surface area contributed by atoms with Gasteiger partial charge in [-0.25, -0.2) is 0 Å². The van der Waals surface area contributed by atoms with Crippen molar-refractivity contribution in [2.24, 2.45) is 4.99 Å². The van der Waals surface area contributed by atoms with E-state index in [9.17, 15) is 0 Å². The van der Waals surface area contributed by atoms with E-state index in [1.54, 1.807) is 6.21 Å². The third kappa shape index (κ3) is 1.93. The van der Waals surface area contributed by atoms with Crippen LogP contribution in [0.2, 0.25) is 5.02 Å². The lowest BCUT2D eigenvalue weighted by molar-refractivity contribution is 0.506. The quantitative estimate of drug-likeness (QED) is 0.571. The molecule has 0 saturated carbocycles. The van der Waals surface area contributed by atoms with Crippen LogP contribution in [0, 0.1) is 0 Å². The van der Waals surface area contributed by atoms with Crippen molar-refractivity contribution in [2.45, 2.75) is 6.17 Å². The lowest BCUT2D eigenvalue weighted by Gasteiger charge is -2.23. The van der Waals surface area contributed by atoms with Crippen LogP contribution in [-0.4, -0.2) is 9.33 Å². The van der Waals surface area contributed by atoms with E-state index in [2.05, 4.69) is 27.9 Å². The van der Waals surface area contributed by atoms with Gasteiger partial charge in [0.15, 0.2) is 6.17 Å². The van der Waals surface area contributed by atoms with E-state index in [0.29, 0.717) is 0 Å². The van der Waals surface area contributed by atoms with Crippen LogP contribution < -0.4 is 0 Å². The van der Waals surface area contributed by atoms with Crippen molar-refractivity contribution >= 4 is 40.7 Å². The van der Waals surface area contributed by atoms with E-state index in [-0.39, 0.29) is 6.17 Å². The average Bonchev–Trinajstić information content (AvgIpc) is 2.20. The van der Waals surface area contributed by atoms with Crippen LogP contribution in [0.4, 0.5) is 0 Å². The van der Waals surface area contributed by atoms with Crippen molar-refractivity contribution in [1.29, 1.82) is 0 Å². The number of allylic oxidation sites excluding steroid dienone is 1. The Balaban J connectivity index is 2.36.